The van der Waals surface area contributed by atoms with Crippen molar-refractivity contribution in [3.63, 3.8) is 0 Å². The van der Waals surface area contributed by atoms with Gasteiger partial charge in [-0.1, -0.05) is 37.3 Å². The van der Waals surface area contributed by atoms with E-state index in [1.165, 1.54) is 0 Å². The molecule has 0 bridgehead atoms. The van der Waals surface area contributed by atoms with E-state index in [1.807, 2.05) is 65.6 Å². The molecular weight excluding hydrogens is 418 g/mol. The number of anilines is 1. The van der Waals surface area contributed by atoms with Crippen LogP contribution in [0.2, 0.25) is 0 Å². The second kappa shape index (κ2) is 8.86. The molecule has 1 unspecified atom stereocenters. The summed E-state index contributed by atoms with van der Waals surface area (Å²) >= 11 is 0. The summed E-state index contributed by atoms with van der Waals surface area (Å²) in [5.74, 6) is 1.26. The molecule has 0 saturated heterocycles. The molecule has 1 atom stereocenters. The fourth-order valence-corrected chi connectivity index (χ4v) is 4.24. The normalized spacial score (nSPS) is 16.0. The Kier molecular flexibility index (Phi) is 5.60. The summed E-state index contributed by atoms with van der Waals surface area (Å²) in [5.41, 5.74) is 3.93. The smallest absolute Gasteiger partial charge is 0.256 e. The van der Waals surface area contributed by atoms with Crippen molar-refractivity contribution in [2.75, 3.05) is 18.7 Å². The lowest BCUT2D eigenvalue weighted by Crippen LogP contribution is -2.33. The Labute approximate surface area is 192 Å². The molecule has 0 aliphatic carbocycles. The Morgan fingerprint density at radius 1 is 1.03 bits per heavy atom. The quantitative estimate of drug-likeness (QED) is 0.569. The lowest BCUT2D eigenvalue weighted by Gasteiger charge is -2.27. The molecule has 0 saturated carbocycles. The summed E-state index contributed by atoms with van der Waals surface area (Å²) in [5, 5.41) is 6.41. The fraction of sp³-hybridized carbons (Fsp3) is 0.231. The minimum atomic E-state index is -0.263. The molecular formula is C26H25N3O4. The summed E-state index contributed by atoms with van der Waals surface area (Å²) in [6, 6.07) is 20.6. The van der Waals surface area contributed by atoms with Gasteiger partial charge in [-0.3, -0.25) is 9.59 Å². The molecule has 0 spiro atoms. The van der Waals surface area contributed by atoms with Gasteiger partial charge in [0.2, 0.25) is 6.79 Å². The Morgan fingerprint density at radius 3 is 2.76 bits per heavy atom. The maximum atomic E-state index is 12.9. The van der Waals surface area contributed by atoms with Gasteiger partial charge in [-0.25, -0.2) is 0 Å². The number of rotatable bonds is 7. The second-order valence-electron chi connectivity index (χ2n) is 8.08. The van der Waals surface area contributed by atoms with Crippen molar-refractivity contribution in [2.45, 2.75) is 26.1 Å². The van der Waals surface area contributed by atoms with Crippen molar-refractivity contribution in [3.05, 3.63) is 89.0 Å². The highest BCUT2D eigenvalue weighted by molar-refractivity contribution is 5.99. The van der Waals surface area contributed by atoms with Crippen LogP contribution in [0.25, 0.3) is 0 Å². The van der Waals surface area contributed by atoms with Crippen LogP contribution in [0.15, 0.2) is 66.7 Å². The van der Waals surface area contributed by atoms with Gasteiger partial charge in [-0.05, 0) is 48.4 Å². The molecule has 0 radical (unpaired) electrons. The van der Waals surface area contributed by atoms with Crippen LogP contribution in [0.1, 0.15) is 51.4 Å². The molecule has 7 nitrogen and oxygen atoms in total. The van der Waals surface area contributed by atoms with E-state index in [0.29, 0.717) is 30.2 Å². The van der Waals surface area contributed by atoms with Crippen molar-refractivity contribution >= 4 is 17.5 Å². The fourth-order valence-electron chi connectivity index (χ4n) is 4.24. The van der Waals surface area contributed by atoms with Gasteiger partial charge in [0.15, 0.2) is 11.5 Å². The molecule has 0 fully saturated rings. The number of fused-ring (bicyclic) bond motifs is 2. The van der Waals surface area contributed by atoms with Gasteiger partial charge in [0.1, 0.15) is 6.17 Å². The first-order chi connectivity index (χ1) is 16.1. The second-order valence-corrected chi connectivity index (χ2v) is 8.08. The van der Waals surface area contributed by atoms with Gasteiger partial charge in [0, 0.05) is 35.5 Å². The maximum Gasteiger partial charge on any atom is 0.256 e. The third kappa shape index (κ3) is 4.09. The minimum Gasteiger partial charge on any atom is -0.454 e. The lowest BCUT2D eigenvalue weighted by molar-refractivity contribution is 0.0742. The molecule has 3 aromatic rings. The van der Waals surface area contributed by atoms with Gasteiger partial charge >= 0.3 is 0 Å². The first kappa shape index (κ1) is 20.9. The molecule has 2 N–H and O–H groups in total. The van der Waals surface area contributed by atoms with E-state index in [-0.39, 0.29) is 24.8 Å². The zero-order valence-electron chi connectivity index (χ0n) is 18.3. The van der Waals surface area contributed by atoms with E-state index in [4.69, 9.17) is 9.47 Å². The molecule has 2 heterocycles. The number of carbonyl (C=O) groups excluding carboxylic acids is 2. The molecule has 7 heteroatoms. The zero-order valence-corrected chi connectivity index (χ0v) is 18.3. The van der Waals surface area contributed by atoms with Gasteiger partial charge < -0.3 is 25.0 Å². The topological polar surface area (TPSA) is 79.9 Å². The standard InChI is InChI=1S/C26H25N3O4/c1-2-12-29-24(20-8-3-4-9-21(20)26(29)31)28-19-7-5-6-18(14-19)25(30)27-15-17-10-11-22-23(13-17)33-16-32-22/h3-11,13-14,24,28H,2,12,15-16H2,1H3,(H,27,30). The van der Waals surface area contributed by atoms with Gasteiger partial charge in [0.05, 0.1) is 0 Å². The van der Waals surface area contributed by atoms with Crippen molar-refractivity contribution in [2.24, 2.45) is 0 Å². The predicted octanol–water partition coefficient (Wildman–Crippen LogP) is 4.32. The Bertz CT molecular complexity index is 1210. The molecule has 5 rings (SSSR count). The third-order valence-corrected chi connectivity index (χ3v) is 5.84. The Hall–Kier alpha value is -4.00. The highest BCUT2D eigenvalue weighted by Crippen LogP contribution is 2.35. The van der Waals surface area contributed by atoms with Crippen molar-refractivity contribution < 1.29 is 19.1 Å². The molecule has 2 aliphatic heterocycles. The van der Waals surface area contributed by atoms with Gasteiger partial charge in [-0.2, -0.15) is 0 Å². The highest BCUT2D eigenvalue weighted by atomic mass is 16.7. The van der Waals surface area contributed by atoms with Crippen molar-refractivity contribution in [3.8, 4) is 11.5 Å². The zero-order chi connectivity index (χ0) is 22.8. The number of amides is 2. The van der Waals surface area contributed by atoms with E-state index in [9.17, 15) is 9.59 Å². The van der Waals surface area contributed by atoms with E-state index in [2.05, 4.69) is 17.6 Å². The molecule has 0 aromatic heterocycles. The third-order valence-electron chi connectivity index (χ3n) is 5.84. The van der Waals surface area contributed by atoms with Crippen LogP contribution in [0.3, 0.4) is 0 Å². The van der Waals surface area contributed by atoms with E-state index in [0.717, 1.165) is 28.8 Å². The average Bonchev–Trinajstić information content (AvgIpc) is 3.41. The summed E-state index contributed by atoms with van der Waals surface area (Å²) in [6.07, 6.45) is 0.598. The van der Waals surface area contributed by atoms with Crippen LogP contribution in [0, 0.1) is 0 Å². The van der Waals surface area contributed by atoms with Gasteiger partial charge in [-0.15, -0.1) is 0 Å². The Morgan fingerprint density at radius 2 is 1.88 bits per heavy atom. The Balaban J connectivity index is 1.29. The highest BCUT2D eigenvalue weighted by Gasteiger charge is 2.35. The number of carbonyl (C=O) groups is 2. The van der Waals surface area contributed by atoms with E-state index < -0.39 is 0 Å². The average molecular weight is 444 g/mol. The number of ether oxygens (including phenoxy) is 2. The first-order valence-electron chi connectivity index (χ1n) is 11.1. The van der Waals surface area contributed by atoms with E-state index >= 15 is 0 Å². The molecule has 168 valence electrons. The monoisotopic (exact) mass is 443 g/mol. The summed E-state index contributed by atoms with van der Waals surface area (Å²) in [4.78, 5) is 27.5. The first-order valence-corrected chi connectivity index (χ1v) is 11.1. The summed E-state index contributed by atoms with van der Waals surface area (Å²) in [6.45, 7) is 3.30. The van der Waals surface area contributed by atoms with E-state index in [1.54, 1.807) is 6.07 Å². The predicted molar refractivity (Wildman–Crippen MR) is 124 cm³/mol. The SMILES string of the molecule is CCCN1C(=O)c2ccccc2C1Nc1cccc(C(=O)NCc2ccc3c(c2)OCO3)c1. The lowest BCUT2D eigenvalue weighted by atomic mass is 10.1. The van der Waals surface area contributed by atoms with Crippen LogP contribution in [-0.4, -0.2) is 30.1 Å². The molecule has 2 amide bonds. The van der Waals surface area contributed by atoms with Crippen LogP contribution in [0.4, 0.5) is 5.69 Å². The number of nitrogens with one attached hydrogen (secondary N) is 2. The molecule has 2 aliphatic rings. The van der Waals surface area contributed by atoms with Crippen LogP contribution >= 0.6 is 0 Å². The van der Waals surface area contributed by atoms with Gasteiger partial charge in [0.25, 0.3) is 11.8 Å². The van der Waals surface area contributed by atoms with Crippen LogP contribution in [0.5, 0.6) is 11.5 Å². The van der Waals surface area contributed by atoms with Crippen LogP contribution < -0.4 is 20.1 Å². The maximum absolute atomic E-state index is 12.9. The number of nitrogens with zero attached hydrogens (tertiary/aromatic N) is 1. The minimum absolute atomic E-state index is 0.0302. The number of hydrogen-bond donors (Lipinski definition) is 2. The summed E-state index contributed by atoms with van der Waals surface area (Å²) < 4.78 is 10.7. The largest absolute Gasteiger partial charge is 0.454 e. The molecule has 33 heavy (non-hydrogen) atoms. The van der Waals surface area contributed by atoms with Crippen LogP contribution in [-0.2, 0) is 6.54 Å². The number of hydrogen-bond acceptors (Lipinski definition) is 5. The number of benzene rings is 3. The van der Waals surface area contributed by atoms with Crippen molar-refractivity contribution in [1.82, 2.24) is 10.2 Å². The molecule has 3 aromatic carbocycles. The summed E-state index contributed by atoms with van der Waals surface area (Å²) in [7, 11) is 0. The van der Waals surface area contributed by atoms with Crippen molar-refractivity contribution in [1.29, 1.82) is 0 Å².